The third kappa shape index (κ3) is 30.8. The van der Waals surface area contributed by atoms with Gasteiger partial charge in [-0.3, -0.25) is 19.2 Å². The minimum atomic E-state index is -0.217. The fourth-order valence-corrected chi connectivity index (χ4v) is 21.1. The zero-order valence-corrected chi connectivity index (χ0v) is 89.1. The number of aromatic amines is 2. The number of Topliss-reactive ketones (excluding diaryl/α,β-unsaturated/α-hetero) is 1. The van der Waals surface area contributed by atoms with Crippen molar-refractivity contribution in [2.24, 2.45) is 11.8 Å². The van der Waals surface area contributed by atoms with E-state index in [9.17, 15) is 19.2 Å². The average Bonchev–Trinajstić information content (AvgIpc) is 1.69. The molecule has 0 bridgehead atoms. The summed E-state index contributed by atoms with van der Waals surface area (Å²) >= 11 is 94.7. The summed E-state index contributed by atoms with van der Waals surface area (Å²) in [5.74, 6) is 5.42. The molecule has 30 nitrogen and oxygen atoms in total. The number of carbonyl (C=O) groups excluding carboxylic acids is 2. The molecule has 6 aromatic heterocycles. The van der Waals surface area contributed by atoms with E-state index in [2.05, 4.69) is 121 Å². The van der Waals surface area contributed by atoms with Gasteiger partial charge in [-0.15, -0.1) is 61.2 Å². The molecule has 13 N–H and O–H groups in total. The Morgan fingerprint density at radius 1 is 0.376 bits per heavy atom. The summed E-state index contributed by atoms with van der Waals surface area (Å²) < 4.78 is 23.1. The molecular weight excluding hydrogens is 2150 g/mol. The molecule has 7 unspecified atom stereocenters. The van der Waals surface area contributed by atoms with Gasteiger partial charge in [0, 0.05) is 117 Å². The summed E-state index contributed by atoms with van der Waals surface area (Å²) in [5, 5.41) is 69.0. The van der Waals surface area contributed by atoms with Gasteiger partial charge in [-0.05, 0) is 254 Å². The van der Waals surface area contributed by atoms with Gasteiger partial charge in [0.05, 0.1) is 50.2 Å². The second-order valence-electron chi connectivity index (χ2n) is 34.3. The number of amides is 1. The number of carbonyl (C=O) groups is 2. The number of nitrogens with zero attached hydrogens (tertiary/aromatic N) is 13. The van der Waals surface area contributed by atoms with E-state index in [0.717, 1.165) is 139 Å². The van der Waals surface area contributed by atoms with Crippen molar-refractivity contribution >= 4 is 226 Å². The summed E-state index contributed by atoms with van der Waals surface area (Å²) in [6.45, 7) is 21.3. The van der Waals surface area contributed by atoms with Gasteiger partial charge in [-0.1, -0.05) is 224 Å². The van der Waals surface area contributed by atoms with Crippen molar-refractivity contribution in [1.82, 2.24) is 81.6 Å². The fraction of sp³-hybridized carbons (Fsp3) is 0.411. The average molecular weight is 2250 g/mol. The number of phenolic OH excluding ortho intramolecular Hbond substituents is 1. The molecule has 1 amide bonds. The molecule has 7 aliphatic carbocycles. The highest BCUT2D eigenvalue weighted by molar-refractivity contribution is 6.41. The second-order valence-corrected chi connectivity index (χ2v) is 40.5. The van der Waals surface area contributed by atoms with Gasteiger partial charge in [0.25, 0.3) is 21.7 Å². The summed E-state index contributed by atoms with van der Waals surface area (Å²) in [4.78, 5) is 48.0. The van der Waals surface area contributed by atoms with Crippen LogP contribution in [0.1, 0.15) is 238 Å². The van der Waals surface area contributed by atoms with Crippen LogP contribution >= 0.6 is 186 Å². The van der Waals surface area contributed by atoms with Gasteiger partial charge in [0.15, 0.2) is 49.4 Å². The highest BCUT2D eigenvalue weighted by Crippen LogP contribution is 2.50. The molecule has 11 aromatic rings. The quantitative estimate of drug-likeness (QED) is 0.0453. The highest BCUT2D eigenvalue weighted by Gasteiger charge is 2.34. The van der Waals surface area contributed by atoms with Crippen molar-refractivity contribution in [3.63, 3.8) is 0 Å². The van der Waals surface area contributed by atoms with Crippen LogP contribution in [-0.4, -0.2) is 119 Å². The molecule has 3 fully saturated rings. The topological polar surface area (TPSA) is 443 Å². The maximum atomic E-state index is 11.9. The maximum Gasteiger partial charge on any atom is 0.268 e. The molecule has 8 heterocycles. The number of rotatable bonds is 10. The molecule has 756 valence electrons. The summed E-state index contributed by atoms with van der Waals surface area (Å²) in [5.41, 5.74) is 35.1. The van der Waals surface area contributed by atoms with E-state index in [1.807, 2.05) is 20.8 Å². The van der Waals surface area contributed by atoms with Gasteiger partial charge in [0.2, 0.25) is 29.4 Å². The van der Waals surface area contributed by atoms with Crippen molar-refractivity contribution in [2.75, 3.05) is 54.4 Å². The minimum absolute atomic E-state index is 0. The number of ether oxygens (including phenoxy) is 4. The number of anilines is 5. The molecule has 0 spiro atoms. The van der Waals surface area contributed by atoms with Crippen LogP contribution in [0.2, 0.25) is 81.4 Å². The van der Waals surface area contributed by atoms with Crippen molar-refractivity contribution in [1.29, 1.82) is 0 Å². The molecule has 46 heteroatoms. The van der Waals surface area contributed by atoms with Crippen LogP contribution in [0.3, 0.4) is 0 Å². The Morgan fingerprint density at radius 2 is 0.723 bits per heavy atom. The lowest BCUT2D eigenvalue weighted by atomic mass is 10.1. The number of nitrogens with one attached hydrogen (secondary N) is 4. The first-order valence-electron chi connectivity index (χ1n) is 44.8. The number of nitrogens with two attached hydrogens (primary N) is 4. The number of hydrogen-bond acceptors (Lipinski definition) is 27. The molecule has 5 aromatic carbocycles. The van der Waals surface area contributed by atoms with Gasteiger partial charge in [0.1, 0.15) is 5.78 Å². The number of aromatic hydroxyl groups is 1. The Kier molecular flexibility index (Phi) is 43.5. The number of aromatic nitrogens is 14. The number of halogens is 16. The number of fused-ring (bicyclic) bond motifs is 5. The van der Waals surface area contributed by atoms with Crippen molar-refractivity contribution in [3.8, 4) is 52.3 Å². The molecular formula is C95H105Cl16N21O9. The van der Waals surface area contributed by atoms with E-state index in [4.69, 9.17) is 233 Å². The molecule has 20 rings (SSSR count). The second kappa shape index (κ2) is 53.6. The van der Waals surface area contributed by atoms with Gasteiger partial charge >= 0.3 is 0 Å². The van der Waals surface area contributed by atoms with Crippen molar-refractivity contribution in [2.45, 2.75) is 214 Å². The molecule has 2 saturated heterocycles. The number of H-pyrrole nitrogens is 2. The zero-order valence-electron chi connectivity index (χ0n) is 77.0. The number of benzene rings is 5. The van der Waals surface area contributed by atoms with Crippen LogP contribution in [-0.2, 0) is 41.7 Å². The molecule has 1 saturated carbocycles. The van der Waals surface area contributed by atoms with E-state index in [1.54, 1.807) is 54.2 Å². The standard InChI is InChI=1S/C16H14Cl3N3O2.C14H12Cl3N3O.2C14H13Cl2N3O2.C10H17N.C8H8Cl2N2.C6H5Cl2NO.C6H10O.C4H9N.C2Cl2N4.CH4/c1-7-3-4-10-13(7)15(19)21-22-16(10)24-14-11(17)5-9(6-12(14)18)20-8(2)23;1-6-2-3-8-11(6)13(17)19-20-14(8)21-12-9(15)4-7(18)5-10(12)16;1-6-2-3-8-11(6)13(20)18-19-14(8)21-12-9(15)4-7(17)5-10(12)16;1-6-2-3-8-11(6)14(19-18-13(8)20)21-12-9(15)4-7(17)5-10(12)16;1-9-5-4-6-10(9)11-7-2-3-8-11;1-4-2-3-5-6(4)8(10)12-11-7(5)9;7-4-1-3(9)2-5(8)6(4)10;1-5-3-2-4-6(5)7;1-2-4-5-3-1;3-1-5-7-2(4)8-6-1;/h5-7H,3-4H2,1-2H3,(H,20,23);4-6H,2-3,18H2,1H3;2*4-6H,2-3,17H2,1H3,(H,18,20);6,9H,2-5,7-8H2,1H3;4H,2-3H2,1H3;1-2,10H,9H2;5H,2-4H2,1H3;5H,1-4H2;;1H4. The van der Waals surface area contributed by atoms with Gasteiger partial charge < -0.3 is 62.5 Å². The summed E-state index contributed by atoms with van der Waals surface area (Å²) in [6.07, 6.45) is 22.7. The van der Waals surface area contributed by atoms with Gasteiger partial charge in [-0.2, -0.15) is 0 Å². The van der Waals surface area contributed by atoms with Crippen molar-refractivity contribution < 1.29 is 33.6 Å². The maximum absolute atomic E-state index is 11.9. The number of ketones is 1. The van der Waals surface area contributed by atoms with Crippen LogP contribution in [0, 0.1) is 11.8 Å². The lowest BCUT2D eigenvalue weighted by molar-refractivity contribution is -0.120. The first-order valence-corrected chi connectivity index (χ1v) is 50.9. The fourth-order valence-electron chi connectivity index (χ4n) is 16.9. The monoisotopic (exact) mass is 2240 g/mol. The molecule has 141 heavy (non-hydrogen) atoms. The molecule has 0 radical (unpaired) electrons. The van der Waals surface area contributed by atoms with Crippen LogP contribution in [0.4, 0.5) is 28.4 Å². The zero-order chi connectivity index (χ0) is 102. The number of likely N-dealkylation sites (tertiary alicyclic amines) is 1. The van der Waals surface area contributed by atoms with Gasteiger partial charge in [-0.25, -0.2) is 10.2 Å². The number of nitrogen functional groups attached to an aromatic ring is 4. The highest BCUT2D eigenvalue weighted by atomic mass is 35.5. The van der Waals surface area contributed by atoms with E-state index < -0.39 is 0 Å². The molecule has 7 atom stereocenters. The lowest BCUT2D eigenvalue weighted by Crippen LogP contribution is -2.20. The van der Waals surface area contributed by atoms with Crippen LogP contribution < -0.4 is 63.6 Å². The van der Waals surface area contributed by atoms with Crippen molar-refractivity contribution in [3.05, 3.63) is 230 Å². The van der Waals surface area contributed by atoms with Crippen LogP contribution in [0.25, 0.3) is 0 Å². The minimum Gasteiger partial charge on any atom is -0.505 e. The largest absolute Gasteiger partial charge is 0.505 e. The number of allylic oxidation sites excluding steroid dienone is 2. The summed E-state index contributed by atoms with van der Waals surface area (Å²) in [6, 6.07) is 15.4. The van der Waals surface area contributed by atoms with Crippen LogP contribution in [0.5, 0.6) is 52.3 Å². The number of phenols is 1. The molecule has 9 aliphatic rings. The lowest BCUT2D eigenvalue weighted by Gasteiger charge is -2.22. The Morgan fingerprint density at radius 3 is 1.10 bits per heavy atom. The normalized spacial score (nSPS) is 18.1. The van der Waals surface area contributed by atoms with Crippen LogP contribution in [0.15, 0.2) is 82.0 Å². The Hall–Kier alpha value is -8.48. The SMILES string of the molecule is C.C1CCNC1.CC(=O)Nc1cc(Cl)c(Oc2nnc(Cl)c3c2CCC3C)c(Cl)c1.CC1CCC=C1N1CCCC1.CC1CCCC1=O.CC1CCc2c(Cl)nnc(Cl)c21.CC1CCc2c(Oc3c(Cl)cc(N)cc3Cl)n[nH]c(=O)c21.CC1CCc2c(Oc3c(Cl)cc(N)cc3Cl)nnc(Cl)c21.CC1CCc2c1c(Oc1c(Cl)cc(N)cc1Cl)n[nH]c2=O.Clc1nnc(Cl)nn1.Nc1cc(Cl)c(O)c(Cl)c1. The first-order chi connectivity index (χ1) is 66.5. The van der Waals surface area contributed by atoms with E-state index in [1.165, 1.54) is 83.8 Å². The first kappa shape index (κ1) is 114. The number of hydrogen-bond donors (Lipinski definition) is 9. The third-order valence-corrected chi connectivity index (χ3v) is 28.3. The van der Waals surface area contributed by atoms with E-state index in [0.29, 0.717) is 144 Å². The predicted octanol–water partition coefficient (Wildman–Crippen LogP) is 27.6. The predicted molar refractivity (Wildman–Crippen MR) is 568 cm³/mol. The third-order valence-electron chi connectivity index (χ3n) is 24.0. The Bertz CT molecular complexity index is 6300. The smallest absolute Gasteiger partial charge is 0.268 e. The Balaban J connectivity index is 0.000000166. The summed E-state index contributed by atoms with van der Waals surface area (Å²) in [7, 11) is 0. The molecule has 2 aliphatic heterocycles. The van der Waals surface area contributed by atoms with E-state index >= 15 is 0 Å². The Labute approximate surface area is 896 Å². The van der Waals surface area contributed by atoms with E-state index in [-0.39, 0.29) is 89.9 Å².